The summed E-state index contributed by atoms with van der Waals surface area (Å²) >= 11 is 0. The third kappa shape index (κ3) is 2.98. The van der Waals surface area contributed by atoms with Crippen molar-refractivity contribution < 1.29 is 4.74 Å². The van der Waals surface area contributed by atoms with Gasteiger partial charge in [-0.1, -0.05) is 0 Å². The molecule has 132 valence electrons. The van der Waals surface area contributed by atoms with Crippen LogP contribution in [0.2, 0.25) is 0 Å². The van der Waals surface area contributed by atoms with E-state index in [4.69, 9.17) is 4.74 Å². The maximum absolute atomic E-state index is 5.48. The summed E-state index contributed by atoms with van der Waals surface area (Å²) in [6.45, 7) is 5.91. The Morgan fingerprint density at radius 1 is 1.12 bits per heavy atom. The zero-order valence-electron chi connectivity index (χ0n) is 14.2. The minimum Gasteiger partial charge on any atom is -0.378 e. The van der Waals surface area contributed by atoms with Crippen LogP contribution in [-0.2, 0) is 24.2 Å². The molecule has 0 radical (unpaired) electrons. The fraction of sp³-hybridized carbons (Fsp3) is 0.688. The molecule has 5 rings (SSSR count). The lowest BCUT2D eigenvalue weighted by Gasteiger charge is -2.33. The standard InChI is InChI=1S/C16H22N8O/c1-2-12(1)24-15(19-20-21-24)10-22-4-3-14-13(9-22)16(18-11-17-14)23-5-7-25-8-6-23/h11-12H,1-10H2. The largest absolute Gasteiger partial charge is 0.378 e. The minimum atomic E-state index is 0.509. The van der Waals surface area contributed by atoms with Gasteiger partial charge in [0.05, 0.1) is 31.5 Å². The van der Waals surface area contributed by atoms with Crippen LogP contribution in [0.25, 0.3) is 0 Å². The molecule has 0 unspecified atom stereocenters. The molecule has 0 N–H and O–H groups in total. The zero-order chi connectivity index (χ0) is 16.6. The van der Waals surface area contributed by atoms with Gasteiger partial charge in [0.15, 0.2) is 5.82 Å². The van der Waals surface area contributed by atoms with Crippen molar-refractivity contribution >= 4 is 5.82 Å². The van der Waals surface area contributed by atoms with Crippen molar-refractivity contribution in [2.24, 2.45) is 0 Å². The van der Waals surface area contributed by atoms with Gasteiger partial charge in [-0.15, -0.1) is 5.10 Å². The maximum Gasteiger partial charge on any atom is 0.165 e. The number of aromatic nitrogens is 6. The average Bonchev–Trinajstić information content (AvgIpc) is 3.41. The van der Waals surface area contributed by atoms with Gasteiger partial charge in [-0.3, -0.25) is 4.90 Å². The van der Waals surface area contributed by atoms with E-state index in [1.807, 2.05) is 4.68 Å². The van der Waals surface area contributed by atoms with E-state index in [2.05, 4.69) is 35.3 Å². The van der Waals surface area contributed by atoms with Crippen molar-refractivity contribution in [2.45, 2.75) is 38.4 Å². The highest BCUT2D eigenvalue weighted by atomic mass is 16.5. The molecular weight excluding hydrogens is 320 g/mol. The van der Waals surface area contributed by atoms with Crippen LogP contribution in [0, 0.1) is 0 Å². The Morgan fingerprint density at radius 3 is 2.84 bits per heavy atom. The molecule has 0 bridgehead atoms. The number of hydrogen-bond acceptors (Lipinski definition) is 8. The third-order valence-corrected chi connectivity index (χ3v) is 5.19. The molecule has 3 aliphatic rings. The van der Waals surface area contributed by atoms with Gasteiger partial charge < -0.3 is 9.64 Å². The highest BCUT2D eigenvalue weighted by molar-refractivity contribution is 5.49. The number of tetrazole rings is 1. The van der Waals surface area contributed by atoms with Crippen LogP contribution in [0.4, 0.5) is 5.82 Å². The number of morpholine rings is 1. The normalized spacial score (nSPS) is 21.4. The van der Waals surface area contributed by atoms with Crippen LogP contribution < -0.4 is 4.90 Å². The number of nitrogens with zero attached hydrogens (tertiary/aromatic N) is 8. The third-order valence-electron chi connectivity index (χ3n) is 5.19. The average molecular weight is 342 g/mol. The Bertz CT molecular complexity index is 752. The van der Waals surface area contributed by atoms with Gasteiger partial charge in [0.25, 0.3) is 0 Å². The van der Waals surface area contributed by atoms with Crippen LogP contribution >= 0.6 is 0 Å². The second-order valence-corrected chi connectivity index (χ2v) is 6.95. The topological polar surface area (TPSA) is 85.1 Å². The second kappa shape index (κ2) is 6.30. The van der Waals surface area contributed by atoms with Crippen LogP contribution in [0.5, 0.6) is 0 Å². The summed E-state index contributed by atoms with van der Waals surface area (Å²) in [5, 5.41) is 12.3. The first kappa shape index (κ1) is 15.2. The summed E-state index contributed by atoms with van der Waals surface area (Å²) in [5.74, 6) is 2.04. The summed E-state index contributed by atoms with van der Waals surface area (Å²) in [5.41, 5.74) is 2.43. The van der Waals surface area contributed by atoms with Crippen molar-refractivity contribution in [1.82, 2.24) is 35.1 Å². The van der Waals surface area contributed by atoms with Crippen molar-refractivity contribution in [3.63, 3.8) is 0 Å². The molecule has 1 aliphatic carbocycles. The second-order valence-electron chi connectivity index (χ2n) is 6.95. The molecule has 1 saturated heterocycles. The van der Waals surface area contributed by atoms with Gasteiger partial charge in [-0.2, -0.15) is 0 Å². The maximum atomic E-state index is 5.48. The lowest BCUT2D eigenvalue weighted by molar-refractivity contribution is 0.122. The molecular formula is C16H22N8O. The number of ether oxygens (including phenoxy) is 1. The highest BCUT2D eigenvalue weighted by Crippen LogP contribution is 2.35. The fourth-order valence-corrected chi connectivity index (χ4v) is 3.68. The Kier molecular flexibility index (Phi) is 3.82. The van der Waals surface area contributed by atoms with E-state index in [1.165, 1.54) is 24.1 Å². The number of fused-ring (bicyclic) bond motifs is 1. The molecule has 0 atom stereocenters. The SMILES string of the molecule is c1nc2c(c(N3CCOCC3)n1)CN(Cc1nnnn1C1CC1)CC2. The predicted octanol–water partition coefficient (Wildman–Crippen LogP) is 0.193. The van der Waals surface area contributed by atoms with Crippen molar-refractivity contribution in [1.29, 1.82) is 0 Å². The lowest BCUT2D eigenvalue weighted by Crippen LogP contribution is -2.39. The lowest BCUT2D eigenvalue weighted by atomic mass is 10.1. The molecule has 2 aliphatic heterocycles. The zero-order valence-corrected chi connectivity index (χ0v) is 14.2. The molecule has 25 heavy (non-hydrogen) atoms. The molecule has 1 saturated carbocycles. The fourth-order valence-electron chi connectivity index (χ4n) is 3.68. The summed E-state index contributed by atoms with van der Waals surface area (Å²) in [6, 6.07) is 0.509. The van der Waals surface area contributed by atoms with Crippen LogP contribution in [0.1, 0.15) is 36.0 Å². The van der Waals surface area contributed by atoms with E-state index in [0.717, 1.165) is 64.0 Å². The number of rotatable bonds is 4. The molecule has 2 aromatic heterocycles. The summed E-state index contributed by atoms with van der Waals surface area (Å²) in [6.07, 6.45) is 5.03. The van der Waals surface area contributed by atoms with E-state index in [0.29, 0.717) is 6.04 Å². The molecule has 0 spiro atoms. The Labute approximate surface area is 146 Å². The Balaban J connectivity index is 1.37. The van der Waals surface area contributed by atoms with E-state index in [9.17, 15) is 0 Å². The van der Waals surface area contributed by atoms with Crippen LogP contribution in [0.3, 0.4) is 0 Å². The molecule has 0 aromatic carbocycles. The van der Waals surface area contributed by atoms with Crippen LogP contribution in [0.15, 0.2) is 6.33 Å². The molecule has 9 heteroatoms. The molecule has 2 aromatic rings. The van der Waals surface area contributed by atoms with E-state index < -0.39 is 0 Å². The molecule has 4 heterocycles. The van der Waals surface area contributed by atoms with Crippen molar-refractivity contribution in [3.05, 3.63) is 23.4 Å². The Morgan fingerprint density at radius 2 is 2.00 bits per heavy atom. The molecule has 0 amide bonds. The number of anilines is 1. The molecule has 2 fully saturated rings. The quantitative estimate of drug-likeness (QED) is 0.779. The van der Waals surface area contributed by atoms with Crippen molar-refractivity contribution in [3.8, 4) is 0 Å². The van der Waals surface area contributed by atoms with Gasteiger partial charge in [0, 0.05) is 38.2 Å². The van der Waals surface area contributed by atoms with Gasteiger partial charge in [0.2, 0.25) is 0 Å². The summed E-state index contributed by atoms with van der Waals surface area (Å²) < 4.78 is 7.48. The number of hydrogen-bond donors (Lipinski definition) is 0. The predicted molar refractivity (Wildman–Crippen MR) is 89.0 cm³/mol. The first-order valence-corrected chi connectivity index (χ1v) is 9.03. The van der Waals surface area contributed by atoms with E-state index >= 15 is 0 Å². The highest BCUT2D eigenvalue weighted by Gasteiger charge is 2.30. The van der Waals surface area contributed by atoms with E-state index in [-0.39, 0.29) is 0 Å². The van der Waals surface area contributed by atoms with Gasteiger partial charge in [-0.05, 0) is 23.3 Å². The van der Waals surface area contributed by atoms with Crippen LogP contribution in [-0.4, -0.2) is 67.9 Å². The summed E-state index contributed by atoms with van der Waals surface area (Å²) in [7, 11) is 0. The monoisotopic (exact) mass is 342 g/mol. The summed E-state index contributed by atoms with van der Waals surface area (Å²) in [4.78, 5) is 13.8. The van der Waals surface area contributed by atoms with Gasteiger partial charge in [-0.25, -0.2) is 14.6 Å². The molecule has 9 nitrogen and oxygen atoms in total. The Hall–Kier alpha value is -2.13. The first-order valence-electron chi connectivity index (χ1n) is 9.03. The van der Waals surface area contributed by atoms with Crippen molar-refractivity contribution in [2.75, 3.05) is 37.7 Å². The smallest absolute Gasteiger partial charge is 0.165 e. The minimum absolute atomic E-state index is 0.509. The first-order chi connectivity index (χ1) is 12.4. The van der Waals surface area contributed by atoms with Gasteiger partial charge >= 0.3 is 0 Å². The van der Waals surface area contributed by atoms with E-state index in [1.54, 1.807) is 6.33 Å². The van der Waals surface area contributed by atoms with Gasteiger partial charge in [0.1, 0.15) is 12.1 Å².